The fourth-order valence-corrected chi connectivity index (χ4v) is 4.32. The molecule has 0 atom stereocenters. The average molecular weight is 914 g/mol. The Labute approximate surface area is 372 Å². The molecule has 0 fully saturated rings. The number of carboxylic acids is 1. The Morgan fingerprint density at radius 2 is 1.23 bits per heavy atom. The molecule has 1 radical (unpaired) electrons. The van der Waals surface area contributed by atoms with Crippen molar-refractivity contribution in [1.29, 1.82) is 21.0 Å². The number of thiol groups is 1. The Hall–Kier alpha value is -6.92. The van der Waals surface area contributed by atoms with Crippen molar-refractivity contribution in [3.8, 4) is 41.5 Å². The summed E-state index contributed by atoms with van der Waals surface area (Å²) in [6.07, 6.45) is 2.31. The summed E-state index contributed by atoms with van der Waals surface area (Å²) >= 11 is 6.35. The van der Waals surface area contributed by atoms with Crippen molar-refractivity contribution >= 4 is 54.3 Å². The number of aliphatic carboxylic acids is 1. The van der Waals surface area contributed by atoms with Crippen LogP contribution < -0.4 is 0 Å². The van der Waals surface area contributed by atoms with E-state index in [0.29, 0.717) is 52.8 Å². The summed E-state index contributed by atoms with van der Waals surface area (Å²) in [6, 6.07) is 28.7. The molecule has 14 nitrogen and oxygen atoms in total. The number of phenols is 3. The molecule has 0 aliphatic rings. The summed E-state index contributed by atoms with van der Waals surface area (Å²) in [5, 5.41) is 69.8. The third-order valence-corrected chi connectivity index (χ3v) is 7.30. The zero-order valence-corrected chi connectivity index (χ0v) is 37.0. The molecule has 0 aromatic heterocycles. The van der Waals surface area contributed by atoms with E-state index < -0.39 is 5.97 Å². The third kappa shape index (κ3) is 29.9. The van der Waals surface area contributed by atoms with E-state index in [1.807, 2.05) is 51.1 Å². The van der Waals surface area contributed by atoms with E-state index in [-0.39, 0.29) is 42.0 Å². The van der Waals surface area contributed by atoms with Gasteiger partial charge < -0.3 is 29.9 Å². The molecule has 4 rings (SSSR count). The Kier molecular flexibility index (Phi) is 35.8. The van der Waals surface area contributed by atoms with Gasteiger partial charge in [0.05, 0.1) is 53.7 Å². The summed E-state index contributed by atoms with van der Waals surface area (Å²) in [7, 11) is 4.34. The molecule has 4 N–H and O–H groups in total. The van der Waals surface area contributed by atoms with Crippen LogP contribution in [-0.4, -0.2) is 59.2 Å². The van der Waals surface area contributed by atoms with Gasteiger partial charge in [-0.05, 0) is 121 Å². The van der Waals surface area contributed by atoms with Crippen molar-refractivity contribution in [2.45, 2.75) is 60.3 Å². The van der Waals surface area contributed by atoms with Crippen molar-refractivity contribution in [2.24, 2.45) is 4.30 Å². The Morgan fingerprint density at radius 3 is 1.66 bits per heavy atom. The van der Waals surface area contributed by atoms with Gasteiger partial charge in [0.1, 0.15) is 23.3 Å². The molecule has 0 bridgehead atoms. The predicted octanol–water partition coefficient (Wildman–Crippen LogP) is 8.88. The fraction of sp³-hybridized carbons (Fsp3) is 0.250. The maximum absolute atomic E-state index is 11.1. The number of ether oxygens (including phenoxy) is 2. The first kappa shape index (κ1) is 58.4. The van der Waals surface area contributed by atoms with Crippen LogP contribution in [0.2, 0.25) is 0 Å². The van der Waals surface area contributed by atoms with Gasteiger partial charge in [-0.3, -0.25) is 9.59 Å². The number of hydrogen-bond donors (Lipinski definition) is 5. The van der Waals surface area contributed by atoms with Gasteiger partial charge in [0.2, 0.25) is 0 Å². The zero-order chi connectivity index (χ0) is 47.2. The van der Waals surface area contributed by atoms with E-state index in [1.165, 1.54) is 36.4 Å². The van der Waals surface area contributed by atoms with E-state index in [2.05, 4.69) is 58.1 Å². The van der Waals surface area contributed by atoms with Crippen molar-refractivity contribution in [3.05, 3.63) is 135 Å². The Balaban J connectivity index is -0.000000687. The Morgan fingerprint density at radius 1 is 0.754 bits per heavy atom. The van der Waals surface area contributed by atoms with Crippen molar-refractivity contribution in [1.82, 2.24) is 0 Å². The van der Waals surface area contributed by atoms with Gasteiger partial charge >= 0.3 is 42.7 Å². The molecule has 61 heavy (non-hydrogen) atoms. The van der Waals surface area contributed by atoms with Gasteiger partial charge in [0.25, 0.3) is 0 Å². The molecule has 17 heteroatoms. The Bertz CT molecular complexity index is 2160. The van der Waals surface area contributed by atoms with Crippen LogP contribution in [-0.2, 0) is 36.7 Å². The molecule has 0 unspecified atom stereocenters. The molecule has 0 saturated carbocycles. The second-order valence-electron chi connectivity index (χ2n) is 10.9. The van der Waals surface area contributed by atoms with Gasteiger partial charge in [-0.15, -0.1) is 0 Å². The third-order valence-electron chi connectivity index (χ3n) is 6.61. The summed E-state index contributed by atoms with van der Waals surface area (Å²) < 4.78 is 12.6. The summed E-state index contributed by atoms with van der Waals surface area (Å²) in [4.78, 5) is 31.6. The number of halogens is 1. The number of esters is 2. The number of phenolic OH excluding ortho intramolecular Hbond substituents is 3. The number of nitriles is 4. The minimum absolute atomic E-state index is 0.0523. The first-order valence-electron chi connectivity index (χ1n) is 18.1. The van der Waals surface area contributed by atoms with Gasteiger partial charge in [0.15, 0.2) is 0 Å². The minimum atomic E-state index is -0.838. The van der Waals surface area contributed by atoms with Crippen LogP contribution in [0.4, 0.5) is 0 Å². The van der Waals surface area contributed by atoms with Gasteiger partial charge in [-0.2, -0.15) is 21.0 Å². The first-order chi connectivity index (χ1) is 29.1. The molecule has 0 saturated heterocycles. The monoisotopic (exact) mass is 912 g/mol. The number of carbonyl (C=O) groups is 3. The predicted molar refractivity (Wildman–Crippen MR) is 238 cm³/mol. The van der Waals surface area contributed by atoms with Crippen molar-refractivity contribution in [2.75, 3.05) is 13.2 Å². The van der Waals surface area contributed by atoms with Gasteiger partial charge in [0, 0.05) is 23.4 Å². The maximum atomic E-state index is 11.1. The molecule has 0 spiro atoms. The average Bonchev–Trinajstić information content (AvgIpc) is 3.25. The number of aromatic hydroxyl groups is 3. The second-order valence-corrected chi connectivity index (χ2v) is 12.0. The van der Waals surface area contributed by atoms with E-state index >= 15 is 0 Å². The topological polar surface area (TPSA) is 258 Å². The van der Waals surface area contributed by atoms with E-state index in [0.717, 1.165) is 22.8 Å². The molecule has 4 aromatic carbocycles. The number of nitrogens with zero attached hydrogens (tertiary/aromatic N) is 5. The fourth-order valence-electron chi connectivity index (χ4n) is 3.99. The number of aryl methyl sites for hydroxylation is 3. The van der Waals surface area contributed by atoms with Gasteiger partial charge in [-0.25, -0.2) is 4.79 Å². The van der Waals surface area contributed by atoms with E-state index in [1.54, 1.807) is 44.2 Å². The number of rotatable bonds is 9. The van der Waals surface area contributed by atoms with Crippen LogP contribution in [0.15, 0.2) is 100 Å². The molecule has 319 valence electrons. The zero-order valence-electron chi connectivity index (χ0n) is 34.5. The molecule has 0 amide bonds. The molecule has 0 aliphatic carbocycles. The number of carbonyl (C=O) groups excluding carboxylic acids is 2. The van der Waals surface area contributed by atoms with Crippen LogP contribution in [0.25, 0.3) is 0 Å². The van der Waals surface area contributed by atoms with Crippen molar-refractivity contribution in [3.63, 3.8) is 0 Å². The quantitative estimate of drug-likeness (QED) is 0.0455. The SMILES string of the molecule is C=CC(=O)OCC.CC.CCOC(=O)CCc1ccc(O)cc1C#N.Cc1ccc(CCC(=O)O)c(C#N)c1.N#Cc1cc(O)ccc1Br.N#Cc1cccc(O)c1.[B]=NS. The number of hydrogen-bond acceptors (Lipinski definition) is 14. The van der Waals surface area contributed by atoms with Crippen LogP contribution in [0.1, 0.15) is 79.5 Å². The molecule has 0 aliphatic heterocycles. The first-order valence-corrected chi connectivity index (χ1v) is 19.3. The number of carboxylic acid groups (broad SMARTS) is 1. The number of benzene rings is 4. The molecule has 0 heterocycles. The standard InChI is InChI=1S/C12H13NO3.C11H11NO2.C7H4BrNO.C7H5NO.C5H8O2.C2H6.BHNS/c1-2-16-12(15)6-4-9-3-5-11(14)7-10(9)8-13;1-8-2-3-9(4-5-11(13)14)10(6-8)7-12;8-7-2-1-6(10)3-5(7)4-9;8-5-6-2-1-3-7(9)4-6;1-3-5(6)7-4-2;1-2;1-2-3/h3,5,7,14H,2,4,6H2,1H3;2-3,6H,4-5H2,1H3,(H,13,14);1-3,10H;1-4,9H;3H,1,4H2,2H3;1-2H3;3H. The van der Waals surface area contributed by atoms with Crippen LogP contribution in [0, 0.1) is 52.2 Å². The molecular formula is C44H48BBrN5O9S. The van der Waals surface area contributed by atoms with Crippen LogP contribution in [0.3, 0.4) is 0 Å². The second kappa shape index (κ2) is 37.4. The van der Waals surface area contributed by atoms with Crippen LogP contribution >= 0.6 is 28.7 Å². The van der Waals surface area contributed by atoms with Crippen LogP contribution in [0.5, 0.6) is 17.2 Å². The molecular weight excluding hydrogens is 865 g/mol. The van der Waals surface area contributed by atoms with Crippen molar-refractivity contribution < 1.29 is 44.3 Å². The summed E-state index contributed by atoms with van der Waals surface area (Å²) in [6.45, 7) is 13.4. The normalized spacial score (nSPS) is 8.49. The molecule has 4 aromatic rings. The summed E-state index contributed by atoms with van der Waals surface area (Å²) in [5.41, 5.74) is 4.46. The van der Waals surface area contributed by atoms with E-state index in [4.69, 9.17) is 41.1 Å². The van der Waals surface area contributed by atoms with Gasteiger partial charge in [-0.1, -0.05) is 44.7 Å². The summed E-state index contributed by atoms with van der Waals surface area (Å²) in [5.74, 6) is -1.18. The van der Waals surface area contributed by atoms with E-state index in [9.17, 15) is 19.5 Å².